The molecule has 94 valence electrons. The summed E-state index contributed by atoms with van der Waals surface area (Å²) in [6, 6.07) is 6.35. The topological polar surface area (TPSA) is 42.4 Å². The van der Waals surface area contributed by atoms with Crippen molar-refractivity contribution < 1.29 is 14.2 Å². The van der Waals surface area contributed by atoms with E-state index in [4.69, 9.17) is 4.74 Å². The molecule has 0 atom stereocenters. The van der Waals surface area contributed by atoms with Crippen molar-refractivity contribution >= 4 is 0 Å². The lowest BCUT2D eigenvalue weighted by Crippen LogP contribution is -1.95. The van der Waals surface area contributed by atoms with Crippen molar-refractivity contribution in [3.63, 3.8) is 0 Å². The molecule has 0 radical (unpaired) electrons. The molecular formula is C14H14FNO2. The third-order valence-electron chi connectivity index (χ3n) is 2.62. The minimum absolute atomic E-state index is 0.148. The van der Waals surface area contributed by atoms with Crippen LogP contribution in [0, 0.1) is 5.82 Å². The molecule has 1 aromatic carbocycles. The van der Waals surface area contributed by atoms with E-state index in [-0.39, 0.29) is 12.4 Å². The third-order valence-corrected chi connectivity index (χ3v) is 2.62. The van der Waals surface area contributed by atoms with Gasteiger partial charge in [0.15, 0.2) is 0 Å². The molecule has 0 saturated carbocycles. The van der Waals surface area contributed by atoms with Crippen LogP contribution in [-0.4, -0.2) is 16.7 Å². The number of aromatic nitrogens is 1. The van der Waals surface area contributed by atoms with E-state index in [2.05, 4.69) is 4.98 Å². The van der Waals surface area contributed by atoms with E-state index in [1.54, 1.807) is 30.6 Å². The molecule has 4 heteroatoms. The third kappa shape index (κ3) is 2.49. The second-order valence-corrected chi connectivity index (χ2v) is 3.77. The van der Waals surface area contributed by atoms with E-state index in [0.717, 1.165) is 0 Å². The molecule has 0 fully saturated rings. The van der Waals surface area contributed by atoms with Crippen LogP contribution in [0.25, 0.3) is 11.1 Å². The van der Waals surface area contributed by atoms with Crippen LogP contribution >= 0.6 is 0 Å². The highest BCUT2D eigenvalue weighted by atomic mass is 19.1. The van der Waals surface area contributed by atoms with Crippen molar-refractivity contribution in [3.05, 3.63) is 48.0 Å². The molecule has 0 aliphatic rings. The first-order chi connectivity index (χ1) is 8.76. The first kappa shape index (κ1) is 12.5. The van der Waals surface area contributed by atoms with Gasteiger partial charge in [0.05, 0.1) is 13.2 Å². The predicted molar refractivity (Wildman–Crippen MR) is 66.7 cm³/mol. The van der Waals surface area contributed by atoms with Gasteiger partial charge in [-0.25, -0.2) is 4.39 Å². The SMILES string of the molecule is CCOc1ccc(-c2cnccc2CO)c(F)c1. The van der Waals surface area contributed by atoms with Gasteiger partial charge in [-0.2, -0.15) is 0 Å². The van der Waals surface area contributed by atoms with Crippen LogP contribution in [0.2, 0.25) is 0 Å². The van der Waals surface area contributed by atoms with Crippen molar-refractivity contribution in [2.45, 2.75) is 13.5 Å². The number of pyridine rings is 1. The van der Waals surface area contributed by atoms with Gasteiger partial charge >= 0.3 is 0 Å². The van der Waals surface area contributed by atoms with Gasteiger partial charge in [-0.05, 0) is 30.7 Å². The van der Waals surface area contributed by atoms with Gasteiger partial charge in [0.1, 0.15) is 11.6 Å². The highest BCUT2D eigenvalue weighted by Gasteiger charge is 2.10. The first-order valence-electron chi connectivity index (χ1n) is 5.72. The van der Waals surface area contributed by atoms with Gasteiger partial charge in [0.25, 0.3) is 0 Å². The summed E-state index contributed by atoms with van der Waals surface area (Å²) in [6.45, 7) is 2.19. The summed E-state index contributed by atoms with van der Waals surface area (Å²) in [5.41, 5.74) is 1.66. The summed E-state index contributed by atoms with van der Waals surface area (Å²) in [4.78, 5) is 3.96. The first-order valence-corrected chi connectivity index (χ1v) is 5.72. The van der Waals surface area contributed by atoms with Crippen molar-refractivity contribution in [2.75, 3.05) is 6.61 Å². The van der Waals surface area contributed by atoms with Crippen LogP contribution in [0.3, 0.4) is 0 Å². The highest BCUT2D eigenvalue weighted by Crippen LogP contribution is 2.28. The highest BCUT2D eigenvalue weighted by molar-refractivity contribution is 5.67. The zero-order chi connectivity index (χ0) is 13.0. The Bertz CT molecular complexity index is 543. The summed E-state index contributed by atoms with van der Waals surface area (Å²) in [5.74, 6) is 0.108. The summed E-state index contributed by atoms with van der Waals surface area (Å²) in [6.07, 6.45) is 3.12. The minimum Gasteiger partial charge on any atom is -0.494 e. The predicted octanol–water partition coefficient (Wildman–Crippen LogP) is 2.78. The maximum atomic E-state index is 14.0. The van der Waals surface area contributed by atoms with Crippen LogP contribution < -0.4 is 4.74 Å². The Morgan fingerprint density at radius 2 is 2.11 bits per heavy atom. The molecule has 0 spiro atoms. The molecule has 1 heterocycles. The fraction of sp³-hybridized carbons (Fsp3) is 0.214. The molecule has 0 saturated heterocycles. The molecule has 1 N–H and O–H groups in total. The van der Waals surface area contributed by atoms with Crippen molar-refractivity contribution in [3.8, 4) is 16.9 Å². The molecule has 0 aliphatic carbocycles. The number of benzene rings is 1. The second-order valence-electron chi connectivity index (χ2n) is 3.77. The number of halogens is 1. The molecule has 1 aromatic heterocycles. The maximum absolute atomic E-state index is 14.0. The smallest absolute Gasteiger partial charge is 0.134 e. The quantitative estimate of drug-likeness (QED) is 0.903. The van der Waals surface area contributed by atoms with Crippen LogP contribution in [0.1, 0.15) is 12.5 Å². The Morgan fingerprint density at radius 1 is 1.28 bits per heavy atom. The lowest BCUT2D eigenvalue weighted by Gasteiger charge is -2.09. The normalized spacial score (nSPS) is 10.4. The van der Waals surface area contributed by atoms with E-state index >= 15 is 0 Å². The number of aliphatic hydroxyl groups is 1. The van der Waals surface area contributed by atoms with Crippen LogP contribution in [0.4, 0.5) is 4.39 Å². The minimum atomic E-state index is -0.386. The van der Waals surface area contributed by atoms with Gasteiger partial charge in [0, 0.05) is 29.6 Å². The lowest BCUT2D eigenvalue weighted by molar-refractivity contribution is 0.282. The molecule has 18 heavy (non-hydrogen) atoms. The van der Waals surface area contributed by atoms with Crippen LogP contribution in [-0.2, 0) is 6.61 Å². The Morgan fingerprint density at radius 3 is 2.78 bits per heavy atom. The average molecular weight is 247 g/mol. The molecule has 0 unspecified atom stereocenters. The van der Waals surface area contributed by atoms with Gasteiger partial charge in [-0.1, -0.05) is 0 Å². The number of aliphatic hydroxyl groups excluding tert-OH is 1. The zero-order valence-corrected chi connectivity index (χ0v) is 10.1. The maximum Gasteiger partial charge on any atom is 0.134 e. The molecule has 2 aromatic rings. The van der Waals surface area contributed by atoms with E-state index in [0.29, 0.717) is 29.0 Å². The Labute approximate surface area is 105 Å². The fourth-order valence-corrected chi connectivity index (χ4v) is 1.77. The summed E-state index contributed by atoms with van der Waals surface area (Å²) >= 11 is 0. The standard InChI is InChI=1S/C14H14FNO2/c1-2-18-11-3-4-12(14(15)7-11)13-8-16-6-5-10(13)9-17/h3-8,17H,2,9H2,1H3. The Kier molecular flexibility index (Phi) is 3.89. The van der Waals surface area contributed by atoms with E-state index in [9.17, 15) is 9.50 Å². The Balaban J connectivity index is 2.44. The van der Waals surface area contributed by atoms with Crippen molar-refractivity contribution in [1.29, 1.82) is 0 Å². The van der Waals surface area contributed by atoms with E-state index in [1.807, 2.05) is 6.92 Å². The van der Waals surface area contributed by atoms with Gasteiger partial charge in [0.2, 0.25) is 0 Å². The molecule has 2 rings (SSSR count). The van der Waals surface area contributed by atoms with Crippen LogP contribution in [0.15, 0.2) is 36.7 Å². The number of hydrogen-bond donors (Lipinski definition) is 1. The van der Waals surface area contributed by atoms with Crippen molar-refractivity contribution in [1.82, 2.24) is 4.98 Å². The summed E-state index contributed by atoms with van der Waals surface area (Å²) < 4.78 is 19.2. The molecule has 0 amide bonds. The summed E-state index contributed by atoms with van der Waals surface area (Å²) in [5, 5.41) is 9.23. The Hall–Kier alpha value is -1.94. The number of ether oxygens (including phenoxy) is 1. The number of nitrogens with zero attached hydrogens (tertiary/aromatic N) is 1. The lowest BCUT2D eigenvalue weighted by atomic mass is 10.0. The van der Waals surface area contributed by atoms with Crippen LogP contribution in [0.5, 0.6) is 5.75 Å². The van der Waals surface area contributed by atoms with Crippen molar-refractivity contribution in [2.24, 2.45) is 0 Å². The zero-order valence-electron chi connectivity index (χ0n) is 10.1. The molecule has 0 bridgehead atoms. The largest absolute Gasteiger partial charge is 0.494 e. The average Bonchev–Trinajstić information content (AvgIpc) is 2.39. The monoisotopic (exact) mass is 247 g/mol. The van der Waals surface area contributed by atoms with E-state index in [1.165, 1.54) is 6.07 Å². The van der Waals surface area contributed by atoms with Gasteiger partial charge in [-0.3, -0.25) is 4.98 Å². The number of hydrogen-bond acceptors (Lipinski definition) is 3. The second kappa shape index (κ2) is 5.60. The van der Waals surface area contributed by atoms with Gasteiger partial charge in [-0.15, -0.1) is 0 Å². The molecule has 0 aliphatic heterocycles. The van der Waals surface area contributed by atoms with Gasteiger partial charge < -0.3 is 9.84 Å². The summed E-state index contributed by atoms with van der Waals surface area (Å²) in [7, 11) is 0. The number of rotatable bonds is 4. The molecular weight excluding hydrogens is 233 g/mol. The van der Waals surface area contributed by atoms with E-state index < -0.39 is 0 Å². The molecule has 3 nitrogen and oxygen atoms in total. The fourth-order valence-electron chi connectivity index (χ4n) is 1.77.